The molecular formula is C20H14Cl2N2. The Morgan fingerprint density at radius 2 is 1.54 bits per heavy atom. The Morgan fingerprint density at radius 1 is 0.792 bits per heavy atom. The highest BCUT2D eigenvalue weighted by Gasteiger charge is 2.13. The maximum absolute atomic E-state index is 6.17. The lowest BCUT2D eigenvalue weighted by Crippen LogP contribution is -2.02. The van der Waals surface area contributed by atoms with Gasteiger partial charge in [-0.1, -0.05) is 71.7 Å². The summed E-state index contributed by atoms with van der Waals surface area (Å²) in [5.74, 6) is 0.947. The Labute approximate surface area is 150 Å². The van der Waals surface area contributed by atoms with Crippen LogP contribution >= 0.6 is 23.2 Å². The molecule has 0 aliphatic heterocycles. The summed E-state index contributed by atoms with van der Waals surface area (Å²) >= 11 is 12.2. The molecule has 0 radical (unpaired) electrons. The number of benzene rings is 3. The molecule has 0 aliphatic rings. The maximum atomic E-state index is 6.17. The van der Waals surface area contributed by atoms with E-state index in [1.54, 1.807) is 0 Å². The minimum Gasteiger partial charge on any atom is -0.319 e. The van der Waals surface area contributed by atoms with Gasteiger partial charge in [-0.2, -0.15) is 0 Å². The van der Waals surface area contributed by atoms with Crippen LogP contribution in [-0.2, 0) is 6.54 Å². The third-order valence-electron chi connectivity index (χ3n) is 4.01. The zero-order valence-corrected chi connectivity index (χ0v) is 14.3. The van der Waals surface area contributed by atoms with Crippen molar-refractivity contribution < 1.29 is 0 Å². The molecule has 1 aromatic heterocycles. The van der Waals surface area contributed by atoms with E-state index in [4.69, 9.17) is 28.2 Å². The van der Waals surface area contributed by atoms with E-state index in [-0.39, 0.29) is 0 Å². The number of aromatic nitrogens is 2. The Balaban J connectivity index is 1.87. The Hall–Kier alpha value is -2.29. The van der Waals surface area contributed by atoms with Gasteiger partial charge in [-0.15, -0.1) is 0 Å². The topological polar surface area (TPSA) is 17.8 Å². The number of hydrogen-bond acceptors (Lipinski definition) is 1. The number of para-hydroxylation sites is 2. The second-order valence-corrected chi connectivity index (χ2v) is 6.44. The van der Waals surface area contributed by atoms with Crippen molar-refractivity contribution in [2.75, 3.05) is 0 Å². The fraction of sp³-hybridized carbons (Fsp3) is 0.0500. The van der Waals surface area contributed by atoms with E-state index in [0.717, 1.165) is 28.0 Å². The molecule has 2 nitrogen and oxygen atoms in total. The van der Waals surface area contributed by atoms with Gasteiger partial charge in [0.25, 0.3) is 0 Å². The first-order valence-electron chi connectivity index (χ1n) is 7.67. The zero-order chi connectivity index (χ0) is 16.5. The van der Waals surface area contributed by atoms with Crippen LogP contribution in [0, 0.1) is 0 Å². The van der Waals surface area contributed by atoms with Crippen LogP contribution < -0.4 is 0 Å². The fourth-order valence-electron chi connectivity index (χ4n) is 2.86. The third kappa shape index (κ3) is 2.79. The van der Waals surface area contributed by atoms with Crippen LogP contribution in [0.4, 0.5) is 0 Å². The number of fused-ring (bicyclic) bond motifs is 1. The van der Waals surface area contributed by atoms with E-state index >= 15 is 0 Å². The lowest BCUT2D eigenvalue weighted by molar-refractivity contribution is 0.834. The van der Waals surface area contributed by atoms with Gasteiger partial charge >= 0.3 is 0 Å². The van der Waals surface area contributed by atoms with E-state index in [1.807, 2.05) is 54.6 Å². The molecule has 0 amide bonds. The Morgan fingerprint density at radius 3 is 2.33 bits per heavy atom. The molecule has 24 heavy (non-hydrogen) atoms. The van der Waals surface area contributed by atoms with Gasteiger partial charge in [0.15, 0.2) is 0 Å². The minimum absolute atomic E-state index is 0.569. The van der Waals surface area contributed by atoms with Crippen LogP contribution in [0.25, 0.3) is 22.4 Å². The summed E-state index contributed by atoms with van der Waals surface area (Å²) in [5, 5.41) is 1.14. The molecule has 0 aliphatic carbocycles. The van der Waals surface area contributed by atoms with Crippen molar-refractivity contribution in [1.29, 1.82) is 0 Å². The molecule has 4 rings (SSSR count). The monoisotopic (exact) mass is 352 g/mol. The predicted molar refractivity (Wildman–Crippen MR) is 101 cm³/mol. The molecule has 0 N–H and O–H groups in total. The van der Waals surface area contributed by atoms with E-state index in [2.05, 4.69) is 22.8 Å². The van der Waals surface area contributed by atoms with Crippen molar-refractivity contribution in [2.24, 2.45) is 0 Å². The molecule has 0 spiro atoms. The quantitative estimate of drug-likeness (QED) is 0.438. The highest BCUT2D eigenvalue weighted by molar-refractivity contribution is 6.42. The molecule has 4 aromatic rings. The average Bonchev–Trinajstić information content (AvgIpc) is 2.98. The summed E-state index contributed by atoms with van der Waals surface area (Å²) in [6.45, 7) is 0.682. The summed E-state index contributed by atoms with van der Waals surface area (Å²) < 4.78 is 2.21. The second kappa shape index (κ2) is 6.31. The molecule has 0 saturated heterocycles. The first kappa shape index (κ1) is 15.3. The van der Waals surface area contributed by atoms with Crippen molar-refractivity contribution in [3.8, 4) is 11.4 Å². The molecule has 0 atom stereocenters. The standard InChI is InChI=1S/C20H14Cl2N2/c21-16-11-10-14(12-17(16)22)13-24-19-9-5-4-8-18(19)23-20(24)15-6-2-1-3-7-15/h1-12H,13H2. The van der Waals surface area contributed by atoms with Gasteiger partial charge in [0, 0.05) is 12.1 Å². The van der Waals surface area contributed by atoms with Crippen molar-refractivity contribution in [3.63, 3.8) is 0 Å². The zero-order valence-electron chi connectivity index (χ0n) is 12.8. The summed E-state index contributed by atoms with van der Waals surface area (Å²) in [6.07, 6.45) is 0. The van der Waals surface area contributed by atoms with Crippen LogP contribution in [0.15, 0.2) is 72.8 Å². The SMILES string of the molecule is Clc1ccc(Cn2c(-c3ccccc3)nc3ccccc32)cc1Cl. The summed E-state index contributed by atoms with van der Waals surface area (Å²) in [6, 6.07) is 24.1. The van der Waals surface area contributed by atoms with Gasteiger partial charge in [0.05, 0.1) is 21.1 Å². The number of halogens is 2. The molecular weight excluding hydrogens is 339 g/mol. The van der Waals surface area contributed by atoms with E-state index < -0.39 is 0 Å². The number of nitrogens with zero attached hydrogens (tertiary/aromatic N) is 2. The predicted octanol–water partition coefficient (Wildman–Crippen LogP) is 6.06. The van der Waals surface area contributed by atoms with E-state index in [1.165, 1.54) is 0 Å². The number of rotatable bonds is 3. The summed E-state index contributed by atoms with van der Waals surface area (Å²) in [7, 11) is 0. The molecule has 3 aromatic carbocycles. The van der Waals surface area contributed by atoms with Crippen LogP contribution in [0.3, 0.4) is 0 Å². The van der Waals surface area contributed by atoms with Crippen molar-refractivity contribution in [3.05, 3.63) is 88.4 Å². The van der Waals surface area contributed by atoms with Crippen LogP contribution in [0.2, 0.25) is 10.0 Å². The molecule has 4 heteroatoms. The largest absolute Gasteiger partial charge is 0.319 e. The Bertz CT molecular complexity index is 1010. The smallest absolute Gasteiger partial charge is 0.141 e. The first-order valence-corrected chi connectivity index (χ1v) is 8.42. The summed E-state index contributed by atoms with van der Waals surface area (Å²) in [5.41, 5.74) is 4.26. The highest BCUT2D eigenvalue weighted by atomic mass is 35.5. The van der Waals surface area contributed by atoms with Gasteiger partial charge in [0.2, 0.25) is 0 Å². The maximum Gasteiger partial charge on any atom is 0.141 e. The van der Waals surface area contributed by atoms with Gasteiger partial charge < -0.3 is 4.57 Å². The van der Waals surface area contributed by atoms with Crippen molar-refractivity contribution in [2.45, 2.75) is 6.54 Å². The molecule has 0 fully saturated rings. The average molecular weight is 353 g/mol. The van der Waals surface area contributed by atoms with Crippen LogP contribution in [0.5, 0.6) is 0 Å². The van der Waals surface area contributed by atoms with Crippen molar-refractivity contribution in [1.82, 2.24) is 9.55 Å². The van der Waals surface area contributed by atoms with E-state index in [0.29, 0.717) is 16.6 Å². The fourth-order valence-corrected chi connectivity index (χ4v) is 3.18. The normalized spacial score (nSPS) is 11.1. The molecule has 1 heterocycles. The molecule has 0 saturated carbocycles. The second-order valence-electron chi connectivity index (χ2n) is 5.62. The molecule has 118 valence electrons. The molecule has 0 unspecified atom stereocenters. The Kier molecular flexibility index (Phi) is 4.01. The number of hydrogen-bond donors (Lipinski definition) is 0. The summed E-state index contributed by atoms with van der Waals surface area (Å²) in [4.78, 5) is 4.82. The van der Waals surface area contributed by atoms with Gasteiger partial charge in [0.1, 0.15) is 5.82 Å². The van der Waals surface area contributed by atoms with E-state index in [9.17, 15) is 0 Å². The van der Waals surface area contributed by atoms with Crippen LogP contribution in [0.1, 0.15) is 5.56 Å². The first-order chi connectivity index (χ1) is 11.7. The molecule has 0 bridgehead atoms. The minimum atomic E-state index is 0.569. The highest BCUT2D eigenvalue weighted by Crippen LogP contribution is 2.28. The third-order valence-corrected chi connectivity index (χ3v) is 4.75. The lowest BCUT2D eigenvalue weighted by Gasteiger charge is -2.10. The lowest BCUT2D eigenvalue weighted by atomic mass is 10.2. The van der Waals surface area contributed by atoms with Gasteiger partial charge in [-0.05, 0) is 29.8 Å². The van der Waals surface area contributed by atoms with Gasteiger partial charge in [-0.25, -0.2) is 4.98 Å². The number of imidazole rings is 1. The van der Waals surface area contributed by atoms with Gasteiger partial charge in [-0.3, -0.25) is 0 Å². The van der Waals surface area contributed by atoms with Crippen molar-refractivity contribution >= 4 is 34.2 Å². The van der Waals surface area contributed by atoms with Crippen LogP contribution in [-0.4, -0.2) is 9.55 Å².